The molecule has 1 atom stereocenters. The molecule has 1 saturated heterocycles. The summed E-state index contributed by atoms with van der Waals surface area (Å²) >= 11 is 0. The fraction of sp³-hybridized carbons (Fsp3) is 0.467. The van der Waals surface area contributed by atoms with E-state index in [2.05, 4.69) is 10.1 Å². The van der Waals surface area contributed by atoms with Gasteiger partial charge in [0.1, 0.15) is 5.75 Å². The summed E-state index contributed by atoms with van der Waals surface area (Å²) in [5.41, 5.74) is 0.483. The van der Waals surface area contributed by atoms with E-state index >= 15 is 0 Å². The average molecular weight is 330 g/mol. The van der Waals surface area contributed by atoms with Crippen molar-refractivity contribution in [1.82, 2.24) is 10.2 Å². The van der Waals surface area contributed by atoms with Crippen LogP contribution in [-0.2, 0) is 16.1 Å². The summed E-state index contributed by atoms with van der Waals surface area (Å²) in [4.78, 5) is 25.2. The van der Waals surface area contributed by atoms with Crippen molar-refractivity contribution in [2.75, 3.05) is 13.1 Å². The number of likely N-dealkylation sites (tertiary alicyclic amines) is 1. The first-order chi connectivity index (χ1) is 10.8. The molecule has 0 aromatic heterocycles. The maximum absolute atomic E-state index is 12.2. The lowest BCUT2D eigenvalue weighted by molar-refractivity contribution is -0.274. The molecule has 0 spiro atoms. The van der Waals surface area contributed by atoms with E-state index in [0.29, 0.717) is 18.7 Å². The first kappa shape index (κ1) is 17.1. The van der Waals surface area contributed by atoms with E-state index in [1.807, 2.05) is 6.92 Å². The summed E-state index contributed by atoms with van der Waals surface area (Å²) in [5, 5.41) is 2.64. The van der Waals surface area contributed by atoms with Gasteiger partial charge in [-0.1, -0.05) is 12.1 Å². The molecule has 2 amide bonds. The van der Waals surface area contributed by atoms with Crippen LogP contribution >= 0.6 is 0 Å². The molecule has 1 fully saturated rings. The van der Waals surface area contributed by atoms with Crippen LogP contribution in [0, 0.1) is 5.92 Å². The Morgan fingerprint density at radius 3 is 2.78 bits per heavy atom. The lowest BCUT2D eigenvalue weighted by Gasteiger charge is -2.14. The molecule has 1 aliphatic heterocycles. The number of halogens is 3. The van der Waals surface area contributed by atoms with Gasteiger partial charge in [-0.15, -0.1) is 13.2 Å². The maximum atomic E-state index is 12.2. The third kappa shape index (κ3) is 4.87. The largest absolute Gasteiger partial charge is 0.573 e. The zero-order valence-electron chi connectivity index (χ0n) is 12.5. The number of nitrogens with one attached hydrogen (secondary N) is 1. The van der Waals surface area contributed by atoms with Crippen molar-refractivity contribution in [3.05, 3.63) is 29.8 Å². The number of benzene rings is 1. The van der Waals surface area contributed by atoms with Crippen LogP contribution < -0.4 is 10.1 Å². The fourth-order valence-electron chi connectivity index (χ4n) is 2.44. The van der Waals surface area contributed by atoms with Crippen LogP contribution in [0.2, 0.25) is 0 Å². The Bertz CT molecular complexity index is 590. The topological polar surface area (TPSA) is 58.6 Å². The second kappa shape index (κ2) is 6.89. The van der Waals surface area contributed by atoms with Gasteiger partial charge in [0.2, 0.25) is 11.8 Å². The fourth-order valence-corrected chi connectivity index (χ4v) is 2.44. The van der Waals surface area contributed by atoms with Gasteiger partial charge >= 0.3 is 6.36 Å². The summed E-state index contributed by atoms with van der Waals surface area (Å²) in [6, 6.07) is 5.40. The number of ether oxygens (including phenoxy) is 1. The molecular formula is C15H17F3N2O3. The Balaban J connectivity index is 1.90. The van der Waals surface area contributed by atoms with Gasteiger partial charge in [0.25, 0.3) is 0 Å². The van der Waals surface area contributed by atoms with Crippen LogP contribution in [0.25, 0.3) is 0 Å². The maximum Gasteiger partial charge on any atom is 0.573 e. The molecule has 0 saturated carbocycles. The highest BCUT2D eigenvalue weighted by molar-refractivity contribution is 5.89. The van der Waals surface area contributed by atoms with Crippen molar-refractivity contribution in [2.45, 2.75) is 26.3 Å². The second-order valence-electron chi connectivity index (χ2n) is 5.25. The molecule has 5 nitrogen and oxygen atoms in total. The molecule has 126 valence electrons. The number of alkyl halides is 3. The predicted octanol–water partition coefficient (Wildman–Crippen LogP) is 2.07. The molecule has 0 aliphatic carbocycles. The van der Waals surface area contributed by atoms with Crippen LogP contribution in [-0.4, -0.2) is 36.2 Å². The van der Waals surface area contributed by atoms with Gasteiger partial charge in [0, 0.05) is 26.1 Å². The zero-order valence-corrected chi connectivity index (χ0v) is 12.5. The first-order valence-corrected chi connectivity index (χ1v) is 7.18. The molecule has 0 bridgehead atoms. The minimum absolute atomic E-state index is 0.0618. The lowest BCUT2D eigenvalue weighted by atomic mass is 10.1. The number of carbonyl (C=O) groups is 2. The van der Waals surface area contributed by atoms with E-state index in [4.69, 9.17) is 0 Å². The van der Waals surface area contributed by atoms with Gasteiger partial charge in [-0.3, -0.25) is 9.59 Å². The summed E-state index contributed by atoms with van der Waals surface area (Å²) in [6.07, 6.45) is -4.59. The van der Waals surface area contributed by atoms with Crippen LogP contribution in [0.3, 0.4) is 0 Å². The molecule has 1 aliphatic rings. The minimum Gasteiger partial charge on any atom is -0.406 e. The van der Waals surface area contributed by atoms with E-state index in [1.165, 1.54) is 18.2 Å². The summed E-state index contributed by atoms with van der Waals surface area (Å²) < 4.78 is 40.3. The van der Waals surface area contributed by atoms with Gasteiger partial charge in [-0.25, -0.2) is 0 Å². The summed E-state index contributed by atoms with van der Waals surface area (Å²) in [7, 11) is 0. The van der Waals surface area contributed by atoms with Gasteiger partial charge in [-0.2, -0.15) is 0 Å². The van der Waals surface area contributed by atoms with Crippen LogP contribution in [0.4, 0.5) is 13.2 Å². The Morgan fingerprint density at radius 2 is 2.17 bits per heavy atom. The highest BCUT2D eigenvalue weighted by Crippen LogP contribution is 2.23. The van der Waals surface area contributed by atoms with Crippen molar-refractivity contribution in [2.24, 2.45) is 5.92 Å². The lowest BCUT2D eigenvalue weighted by Crippen LogP contribution is -2.32. The number of hydrogen-bond donors (Lipinski definition) is 1. The normalized spacial score (nSPS) is 18.2. The van der Waals surface area contributed by atoms with Crippen LogP contribution in [0.1, 0.15) is 18.9 Å². The van der Waals surface area contributed by atoms with E-state index in [0.717, 1.165) is 0 Å². The molecule has 1 aromatic rings. The highest BCUT2D eigenvalue weighted by Gasteiger charge is 2.33. The number of rotatable bonds is 5. The minimum atomic E-state index is -4.75. The molecule has 8 heteroatoms. The molecule has 0 radical (unpaired) electrons. The predicted molar refractivity (Wildman–Crippen MR) is 75.3 cm³/mol. The van der Waals surface area contributed by atoms with Gasteiger partial charge in [-0.05, 0) is 24.6 Å². The van der Waals surface area contributed by atoms with E-state index in [-0.39, 0.29) is 30.5 Å². The third-order valence-corrected chi connectivity index (χ3v) is 3.57. The van der Waals surface area contributed by atoms with E-state index < -0.39 is 12.3 Å². The Kier molecular flexibility index (Phi) is 5.12. The molecule has 23 heavy (non-hydrogen) atoms. The quantitative estimate of drug-likeness (QED) is 0.899. The SMILES string of the molecule is CCN1C[C@@H](C(=O)NCc2cccc(OC(F)(F)F)c2)CC1=O. The van der Waals surface area contributed by atoms with Crippen molar-refractivity contribution in [3.8, 4) is 5.75 Å². The molecule has 1 N–H and O–H groups in total. The van der Waals surface area contributed by atoms with E-state index in [1.54, 1.807) is 11.0 Å². The Morgan fingerprint density at radius 1 is 1.43 bits per heavy atom. The number of hydrogen-bond acceptors (Lipinski definition) is 3. The van der Waals surface area contributed by atoms with Crippen LogP contribution in [0.5, 0.6) is 5.75 Å². The zero-order chi connectivity index (χ0) is 17.0. The average Bonchev–Trinajstić information content (AvgIpc) is 2.84. The number of amides is 2. The standard InChI is InChI=1S/C15H17F3N2O3/c1-2-20-9-11(7-13(20)21)14(22)19-8-10-4-3-5-12(6-10)23-15(16,17)18/h3-6,11H,2,7-9H2,1H3,(H,19,22)/t11-/m0/s1. The molecule has 2 rings (SSSR count). The molecule has 0 unspecified atom stereocenters. The Hall–Kier alpha value is -2.25. The third-order valence-electron chi connectivity index (χ3n) is 3.57. The number of nitrogens with zero attached hydrogens (tertiary/aromatic N) is 1. The Labute approximate surface area is 131 Å². The van der Waals surface area contributed by atoms with Crippen molar-refractivity contribution < 1.29 is 27.5 Å². The number of carbonyl (C=O) groups excluding carboxylic acids is 2. The van der Waals surface area contributed by atoms with Crippen molar-refractivity contribution in [1.29, 1.82) is 0 Å². The smallest absolute Gasteiger partial charge is 0.406 e. The molecule has 1 heterocycles. The van der Waals surface area contributed by atoms with Gasteiger partial charge in [0.15, 0.2) is 0 Å². The first-order valence-electron chi connectivity index (χ1n) is 7.18. The highest BCUT2D eigenvalue weighted by atomic mass is 19.4. The van der Waals surface area contributed by atoms with Crippen molar-refractivity contribution in [3.63, 3.8) is 0 Å². The molecular weight excluding hydrogens is 313 g/mol. The second-order valence-corrected chi connectivity index (χ2v) is 5.25. The summed E-state index contributed by atoms with van der Waals surface area (Å²) in [6.45, 7) is 2.84. The molecule has 1 aromatic carbocycles. The van der Waals surface area contributed by atoms with Crippen molar-refractivity contribution >= 4 is 11.8 Å². The summed E-state index contributed by atoms with van der Waals surface area (Å²) in [5.74, 6) is -1.10. The van der Waals surface area contributed by atoms with Crippen LogP contribution in [0.15, 0.2) is 24.3 Å². The van der Waals surface area contributed by atoms with Gasteiger partial charge in [0.05, 0.1) is 5.92 Å². The monoisotopic (exact) mass is 330 g/mol. The van der Waals surface area contributed by atoms with Gasteiger partial charge < -0.3 is 15.0 Å². The van der Waals surface area contributed by atoms with E-state index in [9.17, 15) is 22.8 Å².